The van der Waals surface area contributed by atoms with Gasteiger partial charge in [0, 0.05) is 42.7 Å². The quantitative estimate of drug-likeness (QED) is 0.376. The number of nitrogens with one attached hydrogen (secondary N) is 2. The van der Waals surface area contributed by atoms with Gasteiger partial charge in [-0.3, -0.25) is 14.8 Å². The first kappa shape index (κ1) is 22.8. The van der Waals surface area contributed by atoms with Crippen LogP contribution in [-0.2, 0) is 5.54 Å². The van der Waals surface area contributed by atoms with E-state index >= 15 is 0 Å². The van der Waals surface area contributed by atoms with Crippen LogP contribution in [0.2, 0.25) is 0 Å². The van der Waals surface area contributed by atoms with E-state index in [1.54, 1.807) is 12.3 Å². The van der Waals surface area contributed by atoms with Crippen molar-refractivity contribution in [2.24, 2.45) is 5.73 Å². The van der Waals surface area contributed by atoms with E-state index in [-0.39, 0.29) is 17.0 Å². The monoisotopic (exact) mass is 471 g/mol. The fourth-order valence-corrected chi connectivity index (χ4v) is 4.19. The minimum absolute atomic E-state index is 0.00169. The number of nitrogens with two attached hydrogens (primary N) is 1. The van der Waals surface area contributed by atoms with Gasteiger partial charge < -0.3 is 16.4 Å². The molecule has 1 aromatic carbocycles. The average Bonchev–Trinajstić information content (AvgIpc) is 3.65. The van der Waals surface area contributed by atoms with Gasteiger partial charge in [0.1, 0.15) is 12.1 Å². The number of fused-ring (bicyclic) bond motifs is 1. The molecule has 0 radical (unpaired) electrons. The lowest BCUT2D eigenvalue weighted by Crippen LogP contribution is -2.20. The molecule has 9 heteroatoms. The lowest BCUT2D eigenvalue weighted by Gasteiger charge is -2.17. The molecule has 3 aromatic heterocycles. The summed E-state index contributed by atoms with van der Waals surface area (Å²) in [6.07, 6.45) is 6.34. The molecule has 1 saturated carbocycles. The van der Waals surface area contributed by atoms with Crippen LogP contribution in [0.3, 0.4) is 0 Å². The molecule has 0 bridgehead atoms. The number of hydrogen-bond acceptors (Lipinski definition) is 7. The number of pyridine rings is 2. The van der Waals surface area contributed by atoms with Crippen LogP contribution in [0.15, 0.2) is 55.1 Å². The number of carbonyl (C=O) groups excluding carboxylic acids is 1. The fourth-order valence-electron chi connectivity index (χ4n) is 4.19. The van der Waals surface area contributed by atoms with Crippen LogP contribution in [0.4, 0.5) is 10.2 Å². The maximum absolute atomic E-state index is 14.4. The lowest BCUT2D eigenvalue weighted by atomic mass is 9.96. The molecule has 1 aliphatic carbocycles. The summed E-state index contributed by atoms with van der Waals surface area (Å²) in [4.78, 5) is 29.8. The van der Waals surface area contributed by atoms with Crippen LogP contribution in [0.1, 0.15) is 47.3 Å². The van der Waals surface area contributed by atoms with E-state index in [1.807, 2.05) is 37.3 Å². The van der Waals surface area contributed by atoms with Crippen molar-refractivity contribution in [2.45, 2.75) is 31.2 Å². The van der Waals surface area contributed by atoms with Gasteiger partial charge in [-0.25, -0.2) is 14.4 Å². The zero-order valence-electron chi connectivity index (χ0n) is 19.5. The zero-order valence-corrected chi connectivity index (χ0v) is 19.5. The maximum Gasteiger partial charge on any atom is 0.254 e. The molecule has 0 unspecified atom stereocenters. The minimum Gasteiger partial charge on any atom is -0.369 e. The molecule has 0 spiro atoms. The number of nitrogens with zero attached hydrogens (tertiary/aromatic N) is 4. The van der Waals surface area contributed by atoms with Gasteiger partial charge in [-0.05, 0) is 30.5 Å². The molecule has 35 heavy (non-hydrogen) atoms. The summed E-state index contributed by atoms with van der Waals surface area (Å²) in [6.45, 7) is 2.59. The Bertz CT molecular complexity index is 1400. The molecular weight excluding hydrogens is 445 g/mol. The number of benzene rings is 1. The largest absolute Gasteiger partial charge is 0.369 e. The lowest BCUT2D eigenvalue weighted by molar-refractivity contribution is 0.0960. The number of aromatic nitrogens is 4. The van der Waals surface area contributed by atoms with Crippen molar-refractivity contribution in [1.29, 1.82) is 0 Å². The summed E-state index contributed by atoms with van der Waals surface area (Å²) in [6, 6.07) is 11.3. The summed E-state index contributed by atoms with van der Waals surface area (Å²) >= 11 is 0. The molecule has 1 amide bonds. The first-order chi connectivity index (χ1) is 16.9. The normalized spacial score (nSPS) is 15.0. The van der Waals surface area contributed by atoms with E-state index in [1.165, 1.54) is 13.4 Å². The average molecular weight is 472 g/mol. The molecule has 4 N–H and O–H groups in total. The molecule has 0 saturated heterocycles. The number of anilines is 1. The third-order valence-corrected chi connectivity index (χ3v) is 6.48. The van der Waals surface area contributed by atoms with Gasteiger partial charge in [0.05, 0.1) is 34.2 Å². The molecule has 1 atom stereocenters. The van der Waals surface area contributed by atoms with Crippen molar-refractivity contribution < 1.29 is 9.18 Å². The van der Waals surface area contributed by atoms with E-state index in [2.05, 4.69) is 30.6 Å². The zero-order chi connectivity index (χ0) is 24.6. The van der Waals surface area contributed by atoms with Gasteiger partial charge in [-0.15, -0.1) is 0 Å². The summed E-state index contributed by atoms with van der Waals surface area (Å²) in [5.74, 6) is -0.441. The van der Waals surface area contributed by atoms with E-state index in [0.717, 1.165) is 41.6 Å². The Balaban J connectivity index is 1.34. The summed E-state index contributed by atoms with van der Waals surface area (Å²) in [5.41, 5.74) is 10.0. The van der Waals surface area contributed by atoms with Crippen molar-refractivity contribution >= 4 is 22.6 Å². The van der Waals surface area contributed by atoms with E-state index in [0.29, 0.717) is 23.3 Å². The Morgan fingerprint density at radius 3 is 2.69 bits per heavy atom. The second kappa shape index (κ2) is 8.99. The van der Waals surface area contributed by atoms with Crippen LogP contribution in [-0.4, -0.2) is 39.4 Å². The minimum atomic E-state index is -0.644. The van der Waals surface area contributed by atoms with Gasteiger partial charge in [-0.2, -0.15) is 0 Å². The van der Waals surface area contributed by atoms with Crippen molar-refractivity contribution in [3.05, 3.63) is 77.8 Å². The van der Waals surface area contributed by atoms with Gasteiger partial charge in [0.15, 0.2) is 5.82 Å². The topological polar surface area (TPSA) is 119 Å². The highest BCUT2D eigenvalue weighted by molar-refractivity contribution is 6.06. The van der Waals surface area contributed by atoms with Crippen LogP contribution < -0.4 is 16.4 Å². The first-order valence-electron chi connectivity index (χ1n) is 11.5. The Morgan fingerprint density at radius 1 is 1.14 bits per heavy atom. The number of carbonyl (C=O) groups is 1. The predicted octanol–water partition coefficient (Wildman–Crippen LogP) is 3.75. The smallest absolute Gasteiger partial charge is 0.254 e. The Hall–Kier alpha value is -3.98. The molecule has 8 nitrogen and oxygen atoms in total. The fraction of sp³-hybridized carbons (Fsp3) is 0.269. The van der Waals surface area contributed by atoms with Gasteiger partial charge in [0.25, 0.3) is 5.91 Å². The Morgan fingerprint density at radius 2 is 1.97 bits per heavy atom. The van der Waals surface area contributed by atoms with Crippen LogP contribution in [0, 0.1) is 5.82 Å². The summed E-state index contributed by atoms with van der Waals surface area (Å²) < 4.78 is 14.4. The number of amides is 1. The van der Waals surface area contributed by atoms with Crippen molar-refractivity contribution in [3.63, 3.8) is 0 Å². The van der Waals surface area contributed by atoms with E-state index in [4.69, 9.17) is 5.73 Å². The highest BCUT2D eigenvalue weighted by atomic mass is 19.1. The van der Waals surface area contributed by atoms with Crippen LogP contribution in [0.5, 0.6) is 0 Å². The molecule has 3 heterocycles. The van der Waals surface area contributed by atoms with Crippen molar-refractivity contribution in [2.75, 3.05) is 18.9 Å². The first-order valence-corrected chi connectivity index (χ1v) is 11.5. The molecule has 1 aliphatic rings. The second-order valence-electron chi connectivity index (χ2n) is 8.96. The SMILES string of the molecule is CNC(=O)c1c(F)cnc2c([C@H](C)CNc3cc(-c4ccc(C5(N)CC5)nc4)ncn3)cccc12. The Kier molecular flexibility index (Phi) is 5.86. The highest BCUT2D eigenvalue weighted by Crippen LogP contribution is 2.41. The van der Waals surface area contributed by atoms with Gasteiger partial charge in [-0.1, -0.05) is 25.1 Å². The number of hydrogen-bond donors (Lipinski definition) is 3. The Labute approximate surface area is 202 Å². The highest BCUT2D eigenvalue weighted by Gasteiger charge is 2.41. The molecule has 4 aromatic rings. The van der Waals surface area contributed by atoms with Gasteiger partial charge >= 0.3 is 0 Å². The number of para-hydroxylation sites is 1. The number of halogens is 1. The maximum atomic E-state index is 14.4. The van der Waals surface area contributed by atoms with E-state index in [9.17, 15) is 9.18 Å². The summed E-state index contributed by atoms with van der Waals surface area (Å²) in [7, 11) is 1.48. The van der Waals surface area contributed by atoms with Crippen molar-refractivity contribution in [3.8, 4) is 11.3 Å². The van der Waals surface area contributed by atoms with Crippen LogP contribution in [0.25, 0.3) is 22.2 Å². The van der Waals surface area contributed by atoms with Gasteiger partial charge in [0.2, 0.25) is 0 Å². The molecule has 1 fully saturated rings. The van der Waals surface area contributed by atoms with E-state index < -0.39 is 11.7 Å². The summed E-state index contributed by atoms with van der Waals surface area (Å²) in [5, 5.41) is 6.33. The molecular formula is C26H26FN7O. The molecule has 5 rings (SSSR count). The third-order valence-electron chi connectivity index (χ3n) is 6.48. The third kappa shape index (κ3) is 4.42. The van der Waals surface area contributed by atoms with Crippen molar-refractivity contribution in [1.82, 2.24) is 25.3 Å². The predicted molar refractivity (Wildman–Crippen MR) is 132 cm³/mol. The van der Waals surface area contributed by atoms with Crippen LogP contribution >= 0.6 is 0 Å². The molecule has 0 aliphatic heterocycles. The second-order valence-corrected chi connectivity index (χ2v) is 8.96. The number of rotatable bonds is 7. The standard InChI is InChI=1S/C26H26FN7O/c1-15(17-4-3-5-18-23(25(35)29-2)19(27)13-32-24(17)18)11-31-22-10-20(33-14-34-22)16-6-7-21(30-12-16)26(28)8-9-26/h3-7,10,12-15H,8-9,11,28H2,1-2H3,(H,29,35)(H,31,33,34)/t15-/m1/s1. The molecule has 178 valence electrons.